The van der Waals surface area contributed by atoms with Gasteiger partial charge in [-0.2, -0.15) is 0 Å². The molecule has 0 aliphatic rings. The first-order valence-electron chi connectivity index (χ1n) is 6.45. The van der Waals surface area contributed by atoms with E-state index < -0.39 is 0 Å². The van der Waals surface area contributed by atoms with Gasteiger partial charge in [0.05, 0.1) is 0 Å². The summed E-state index contributed by atoms with van der Waals surface area (Å²) >= 11 is 3.43. The Morgan fingerprint density at radius 1 is 1.29 bits per heavy atom. The van der Waals surface area contributed by atoms with Gasteiger partial charge in [0.25, 0.3) is 0 Å². The highest BCUT2D eigenvalue weighted by Crippen LogP contribution is 2.25. The second kappa shape index (κ2) is 7.14. The minimum absolute atomic E-state index is 0.216. The van der Waals surface area contributed by atoms with Crippen LogP contribution in [0.4, 0.5) is 10.1 Å². The van der Waals surface area contributed by atoms with Crippen LogP contribution in [0, 0.1) is 25.1 Å². The molecule has 0 aliphatic heterocycles. The third-order valence-electron chi connectivity index (χ3n) is 3.00. The van der Waals surface area contributed by atoms with Gasteiger partial charge in [-0.3, -0.25) is 0 Å². The van der Waals surface area contributed by atoms with Crippen LogP contribution in [0.25, 0.3) is 0 Å². The molecule has 2 aromatic rings. The number of terminal acetylenes is 1. The van der Waals surface area contributed by atoms with Crippen molar-refractivity contribution in [2.24, 2.45) is 0 Å². The number of ether oxygens (including phenoxy) is 1. The molecule has 0 aromatic heterocycles. The SMILES string of the molecule is C#CCOc1ccc(Br)cc1CNc1cc(F)ccc1C. The van der Waals surface area contributed by atoms with Crippen LogP contribution < -0.4 is 10.1 Å². The molecule has 4 heteroatoms. The molecule has 21 heavy (non-hydrogen) atoms. The normalized spacial score (nSPS) is 10.0. The van der Waals surface area contributed by atoms with E-state index in [9.17, 15) is 4.39 Å². The predicted octanol–water partition coefficient (Wildman–Crippen LogP) is 4.52. The Bertz CT molecular complexity index is 679. The van der Waals surface area contributed by atoms with Gasteiger partial charge >= 0.3 is 0 Å². The number of hydrogen-bond acceptors (Lipinski definition) is 2. The van der Waals surface area contributed by atoms with E-state index in [1.165, 1.54) is 12.1 Å². The summed E-state index contributed by atoms with van der Waals surface area (Å²) in [5, 5.41) is 3.22. The van der Waals surface area contributed by atoms with E-state index in [-0.39, 0.29) is 12.4 Å². The average Bonchev–Trinajstić information content (AvgIpc) is 2.47. The number of rotatable bonds is 5. The lowest BCUT2D eigenvalue weighted by Gasteiger charge is -2.13. The maximum Gasteiger partial charge on any atom is 0.148 e. The Labute approximate surface area is 132 Å². The molecule has 2 rings (SSSR count). The van der Waals surface area contributed by atoms with Crippen molar-refractivity contribution >= 4 is 21.6 Å². The van der Waals surface area contributed by atoms with Crippen LogP contribution in [-0.4, -0.2) is 6.61 Å². The topological polar surface area (TPSA) is 21.3 Å². The maximum absolute atomic E-state index is 13.3. The van der Waals surface area contributed by atoms with E-state index in [1.54, 1.807) is 6.07 Å². The predicted molar refractivity (Wildman–Crippen MR) is 86.9 cm³/mol. The Morgan fingerprint density at radius 3 is 2.86 bits per heavy atom. The van der Waals surface area contributed by atoms with Crippen LogP contribution in [0.15, 0.2) is 40.9 Å². The largest absolute Gasteiger partial charge is 0.481 e. The molecule has 0 spiro atoms. The molecule has 0 saturated carbocycles. The fourth-order valence-corrected chi connectivity index (χ4v) is 2.33. The molecule has 0 heterocycles. The molecule has 0 unspecified atom stereocenters. The van der Waals surface area contributed by atoms with E-state index in [0.29, 0.717) is 6.54 Å². The van der Waals surface area contributed by atoms with Gasteiger partial charge in [0.1, 0.15) is 18.2 Å². The molecule has 0 saturated heterocycles. The highest BCUT2D eigenvalue weighted by molar-refractivity contribution is 9.10. The van der Waals surface area contributed by atoms with Crippen molar-refractivity contribution in [3.8, 4) is 18.1 Å². The second-order valence-electron chi connectivity index (χ2n) is 4.56. The van der Waals surface area contributed by atoms with Crippen LogP contribution in [-0.2, 0) is 6.54 Å². The van der Waals surface area contributed by atoms with Crippen LogP contribution >= 0.6 is 15.9 Å². The van der Waals surface area contributed by atoms with Gasteiger partial charge in [-0.1, -0.05) is 27.9 Å². The number of nitrogens with one attached hydrogen (secondary N) is 1. The summed E-state index contributed by atoms with van der Waals surface area (Å²) in [5.41, 5.74) is 2.69. The first kappa shape index (κ1) is 15.4. The van der Waals surface area contributed by atoms with Crippen LogP contribution in [0.3, 0.4) is 0 Å². The average molecular weight is 348 g/mol. The van der Waals surface area contributed by atoms with Crippen molar-refractivity contribution in [3.05, 3.63) is 57.8 Å². The van der Waals surface area contributed by atoms with E-state index in [4.69, 9.17) is 11.2 Å². The summed E-state index contributed by atoms with van der Waals surface area (Å²) in [7, 11) is 0. The van der Waals surface area contributed by atoms with E-state index in [0.717, 1.165) is 27.0 Å². The zero-order chi connectivity index (χ0) is 15.2. The third kappa shape index (κ3) is 4.24. The number of aryl methyl sites for hydroxylation is 1. The molecular formula is C17H15BrFNO. The van der Waals surface area contributed by atoms with Crippen molar-refractivity contribution < 1.29 is 9.13 Å². The first-order valence-corrected chi connectivity index (χ1v) is 7.24. The number of benzene rings is 2. The van der Waals surface area contributed by atoms with Gasteiger partial charge in [0, 0.05) is 22.3 Å². The smallest absolute Gasteiger partial charge is 0.148 e. The maximum atomic E-state index is 13.3. The lowest BCUT2D eigenvalue weighted by molar-refractivity contribution is 0.366. The molecule has 2 nitrogen and oxygen atoms in total. The molecule has 0 atom stereocenters. The van der Waals surface area contributed by atoms with Crippen molar-refractivity contribution in [3.63, 3.8) is 0 Å². The van der Waals surface area contributed by atoms with Crippen molar-refractivity contribution in [2.45, 2.75) is 13.5 Å². The molecule has 108 valence electrons. The first-order chi connectivity index (χ1) is 10.1. The molecule has 2 aromatic carbocycles. The van der Waals surface area contributed by atoms with Gasteiger partial charge in [0.15, 0.2) is 0 Å². The minimum Gasteiger partial charge on any atom is -0.481 e. The number of anilines is 1. The van der Waals surface area contributed by atoms with E-state index in [1.807, 2.05) is 25.1 Å². The third-order valence-corrected chi connectivity index (χ3v) is 3.50. The van der Waals surface area contributed by atoms with Gasteiger partial charge in [0.2, 0.25) is 0 Å². The number of halogens is 2. The molecule has 0 amide bonds. The standard InChI is InChI=1S/C17H15BrFNO/c1-3-8-21-17-7-5-14(18)9-13(17)11-20-16-10-15(19)6-4-12(16)2/h1,4-7,9-10,20H,8,11H2,2H3. The van der Waals surface area contributed by atoms with Crippen molar-refractivity contribution in [1.29, 1.82) is 0 Å². The molecular weight excluding hydrogens is 333 g/mol. The summed E-state index contributed by atoms with van der Waals surface area (Å²) in [6.07, 6.45) is 5.22. The van der Waals surface area contributed by atoms with Gasteiger partial charge in [-0.25, -0.2) is 4.39 Å². The van der Waals surface area contributed by atoms with Crippen LogP contribution in [0.2, 0.25) is 0 Å². The quantitative estimate of drug-likeness (QED) is 0.802. The fraction of sp³-hybridized carbons (Fsp3) is 0.176. The van der Waals surface area contributed by atoms with Gasteiger partial charge in [-0.05, 0) is 42.8 Å². The Kier molecular flexibility index (Phi) is 5.24. The highest BCUT2D eigenvalue weighted by Gasteiger charge is 2.06. The van der Waals surface area contributed by atoms with Crippen molar-refractivity contribution in [1.82, 2.24) is 0 Å². The summed E-state index contributed by atoms with van der Waals surface area (Å²) in [5.74, 6) is 2.90. The van der Waals surface area contributed by atoms with Crippen LogP contribution in [0.5, 0.6) is 5.75 Å². The Morgan fingerprint density at radius 2 is 2.10 bits per heavy atom. The molecule has 0 fully saturated rings. The zero-order valence-electron chi connectivity index (χ0n) is 11.6. The summed E-state index contributed by atoms with van der Waals surface area (Å²) in [6.45, 7) is 2.66. The van der Waals surface area contributed by atoms with Gasteiger partial charge in [-0.15, -0.1) is 6.42 Å². The van der Waals surface area contributed by atoms with Crippen LogP contribution in [0.1, 0.15) is 11.1 Å². The lowest BCUT2D eigenvalue weighted by Crippen LogP contribution is -2.05. The number of hydrogen-bond donors (Lipinski definition) is 1. The molecule has 1 N–H and O–H groups in total. The Balaban J connectivity index is 2.17. The lowest BCUT2D eigenvalue weighted by atomic mass is 10.1. The minimum atomic E-state index is -0.263. The zero-order valence-corrected chi connectivity index (χ0v) is 13.2. The van der Waals surface area contributed by atoms with E-state index in [2.05, 4.69) is 27.2 Å². The Hall–Kier alpha value is -1.99. The van der Waals surface area contributed by atoms with Crippen molar-refractivity contribution in [2.75, 3.05) is 11.9 Å². The summed E-state index contributed by atoms with van der Waals surface area (Å²) < 4.78 is 19.7. The van der Waals surface area contributed by atoms with E-state index >= 15 is 0 Å². The molecule has 0 aliphatic carbocycles. The molecule has 0 radical (unpaired) electrons. The summed E-state index contributed by atoms with van der Waals surface area (Å²) in [4.78, 5) is 0. The fourth-order valence-electron chi connectivity index (χ4n) is 1.92. The highest BCUT2D eigenvalue weighted by atomic mass is 79.9. The van der Waals surface area contributed by atoms with Gasteiger partial charge < -0.3 is 10.1 Å². The summed E-state index contributed by atoms with van der Waals surface area (Å²) in [6, 6.07) is 10.4. The second-order valence-corrected chi connectivity index (χ2v) is 5.47. The molecule has 0 bridgehead atoms. The monoisotopic (exact) mass is 347 g/mol.